The van der Waals surface area contributed by atoms with Crippen molar-refractivity contribution in [3.05, 3.63) is 64.1 Å². The van der Waals surface area contributed by atoms with Crippen LogP contribution in [0.3, 0.4) is 0 Å². The first kappa shape index (κ1) is 21.8. The van der Waals surface area contributed by atoms with Crippen molar-refractivity contribution >= 4 is 33.7 Å². The highest BCUT2D eigenvalue weighted by Crippen LogP contribution is 2.18. The largest absolute Gasteiger partial charge is 0.484 e. The number of hydrogen-bond acceptors (Lipinski definition) is 4. The molecule has 1 fully saturated rings. The average Bonchev–Trinajstić information content (AvgIpc) is 3.55. The predicted octanol–water partition coefficient (Wildman–Crippen LogP) is 2.20. The SMILES string of the molecule is O=C(CNC(=O)c1cccc(Br)c1)NCCc1ccc(OCC(=O)NC2CC2)cc1. The van der Waals surface area contributed by atoms with Crippen LogP contribution in [0.2, 0.25) is 0 Å². The van der Waals surface area contributed by atoms with Crippen LogP contribution in [0.15, 0.2) is 53.0 Å². The van der Waals surface area contributed by atoms with Gasteiger partial charge in [-0.05, 0) is 55.2 Å². The van der Waals surface area contributed by atoms with Crippen LogP contribution in [0, 0.1) is 0 Å². The molecule has 2 aromatic rings. The van der Waals surface area contributed by atoms with Gasteiger partial charge in [0.15, 0.2) is 6.61 Å². The van der Waals surface area contributed by atoms with E-state index in [4.69, 9.17) is 4.74 Å². The lowest BCUT2D eigenvalue weighted by Gasteiger charge is -2.09. The lowest BCUT2D eigenvalue weighted by Crippen LogP contribution is -2.37. The van der Waals surface area contributed by atoms with Crippen LogP contribution in [0.1, 0.15) is 28.8 Å². The number of nitrogens with one attached hydrogen (secondary N) is 3. The van der Waals surface area contributed by atoms with E-state index in [2.05, 4.69) is 31.9 Å². The van der Waals surface area contributed by atoms with Crippen LogP contribution in [0.25, 0.3) is 0 Å². The molecular weight excluding hydrogens is 450 g/mol. The second-order valence-electron chi connectivity index (χ2n) is 7.07. The number of carbonyl (C=O) groups is 3. The molecule has 0 aliphatic heterocycles. The quantitative estimate of drug-likeness (QED) is 0.492. The number of amides is 3. The number of halogens is 1. The molecule has 3 amide bonds. The fraction of sp³-hybridized carbons (Fsp3) is 0.318. The van der Waals surface area contributed by atoms with Crippen molar-refractivity contribution in [2.75, 3.05) is 19.7 Å². The third-order valence-electron chi connectivity index (χ3n) is 4.47. The van der Waals surface area contributed by atoms with Crippen LogP contribution in [-0.4, -0.2) is 43.5 Å². The van der Waals surface area contributed by atoms with E-state index in [1.54, 1.807) is 30.3 Å². The Hall–Kier alpha value is -2.87. The minimum Gasteiger partial charge on any atom is -0.484 e. The summed E-state index contributed by atoms with van der Waals surface area (Å²) in [5.74, 6) is -0.0203. The van der Waals surface area contributed by atoms with E-state index in [1.165, 1.54) is 0 Å². The van der Waals surface area contributed by atoms with E-state index in [9.17, 15) is 14.4 Å². The van der Waals surface area contributed by atoms with Crippen molar-refractivity contribution in [1.82, 2.24) is 16.0 Å². The normalized spacial score (nSPS) is 12.7. The van der Waals surface area contributed by atoms with Gasteiger partial charge >= 0.3 is 0 Å². The summed E-state index contributed by atoms with van der Waals surface area (Å²) < 4.78 is 6.27. The fourth-order valence-corrected chi connectivity index (χ4v) is 3.10. The molecular formula is C22H24BrN3O4. The molecule has 158 valence electrons. The zero-order chi connectivity index (χ0) is 21.3. The first-order valence-electron chi connectivity index (χ1n) is 9.81. The summed E-state index contributed by atoms with van der Waals surface area (Å²) in [6.07, 6.45) is 2.75. The number of carbonyl (C=O) groups excluding carboxylic acids is 3. The van der Waals surface area contributed by atoms with Gasteiger partial charge in [-0.1, -0.05) is 34.1 Å². The summed E-state index contributed by atoms with van der Waals surface area (Å²) in [4.78, 5) is 35.6. The maximum atomic E-state index is 12.0. The molecule has 3 rings (SSSR count). The molecule has 2 aromatic carbocycles. The molecule has 1 aliphatic carbocycles. The van der Waals surface area contributed by atoms with Gasteiger partial charge in [0.05, 0.1) is 6.54 Å². The van der Waals surface area contributed by atoms with Crippen LogP contribution in [0.4, 0.5) is 0 Å². The van der Waals surface area contributed by atoms with Crippen LogP contribution in [-0.2, 0) is 16.0 Å². The Bertz CT molecular complexity index is 898. The van der Waals surface area contributed by atoms with Gasteiger partial charge in [0.25, 0.3) is 11.8 Å². The Kier molecular flexibility index (Phi) is 7.84. The minimum absolute atomic E-state index is 0.0115. The van der Waals surface area contributed by atoms with Gasteiger partial charge in [-0.25, -0.2) is 0 Å². The van der Waals surface area contributed by atoms with Crippen molar-refractivity contribution in [3.8, 4) is 5.75 Å². The standard InChI is InChI=1S/C22H24BrN3O4/c23-17-3-1-2-16(12-17)22(29)25-13-20(27)24-11-10-15-4-8-19(9-5-15)30-14-21(28)26-18-6-7-18/h1-5,8-9,12,18H,6-7,10-11,13-14H2,(H,24,27)(H,25,29)(H,26,28). The second-order valence-corrected chi connectivity index (χ2v) is 7.98. The molecule has 0 saturated heterocycles. The van der Waals surface area contributed by atoms with E-state index in [0.29, 0.717) is 30.3 Å². The zero-order valence-corrected chi connectivity index (χ0v) is 18.0. The lowest BCUT2D eigenvalue weighted by atomic mass is 10.1. The van der Waals surface area contributed by atoms with Gasteiger partial charge in [0.2, 0.25) is 5.91 Å². The van der Waals surface area contributed by atoms with Crippen LogP contribution in [0.5, 0.6) is 5.75 Å². The molecule has 0 spiro atoms. The summed E-state index contributed by atoms with van der Waals surface area (Å²) >= 11 is 3.31. The molecule has 0 unspecified atom stereocenters. The average molecular weight is 474 g/mol. The summed E-state index contributed by atoms with van der Waals surface area (Å²) in [5.41, 5.74) is 1.52. The molecule has 0 heterocycles. The molecule has 8 heteroatoms. The molecule has 3 N–H and O–H groups in total. The summed E-state index contributed by atoms with van der Waals surface area (Å²) in [7, 11) is 0. The number of benzene rings is 2. The van der Waals surface area contributed by atoms with E-state index in [0.717, 1.165) is 22.9 Å². The molecule has 0 radical (unpaired) electrons. The first-order chi connectivity index (χ1) is 14.5. The molecule has 0 atom stereocenters. The van der Waals surface area contributed by atoms with E-state index in [1.807, 2.05) is 18.2 Å². The highest BCUT2D eigenvalue weighted by Gasteiger charge is 2.23. The highest BCUT2D eigenvalue weighted by molar-refractivity contribution is 9.10. The Morgan fingerprint density at radius 1 is 1.00 bits per heavy atom. The Morgan fingerprint density at radius 3 is 2.47 bits per heavy atom. The topological polar surface area (TPSA) is 96.5 Å². The molecule has 0 bridgehead atoms. The number of rotatable bonds is 10. The molecule has 0 aromatic heterocycles. The Labute approximate surface area is 183 Å². The van der Waals surface area contributed by atoms with Gasteiger partial charge in [0.1, 0.15) is 5.75 Å². The zero-order valence-electron chi connectivity index (χ0n) is 16.4. The minimum atomic E-state index is -0.298. The first-order valence-corrected chi connectivity index (χ1v) is 10.6. The monoisotopic (exact) mass is 473 g/mol. The third kappa shape index (κ3) is 7.51. The third-order valence-corrected chi connectivity index (χ3v) is 4.96. The Balaban J connectivity index is 1.31. The smallest absolute Gasteiger partial charge is 0.258 e. The van der Waals surface area contributed by atoms with Crippen molar-refractivity contribution in [1.29, 1.82) is 0 Å². The molecule has 30 heavy (non-hydrogen) atoms. The molecule has 1 aliphatic rings. The summed E-state index contributed by atoms with van der Waals surface area (Å²) in [6, 6.07) is 14.7. The molecule has 7 nitrogen and oxygen atoms in total. The maximum Gasteiger partial charge on any atom is 0.258 e. The van der Waals surface area contributed by atoms with E-state index >= 15 is 0 Å². The summed E-state index contributed by atoms with van der Waals surface area (Å²) in [5, 5.41) is 8.25. The van der Waals surface area contributed by atoms with Gasteiger partial charge in [-0.15, -0.1) is 0 Å². The van der Waals surface area contributed by atoms with Crippen molar-refractivity contribution in [2.45, 2.75) is 25.3 Å². The number of ether oxygens (including phenoxy) is 1. The Morgan fingerprint density at radius 2 is 1.77 bits per heavy atom. The van der Waals surface area contributed by atoms with Crippen LogP contribution >= 0.6 is 15.9 Å². The van der Waals surface area contributed by atoms with E-state index in [-0.39, 0.29) is 30.9 Å². The van der Waals surface area contributed by atoms with Gasteiger partial charge in [-0.3, -0.25) is 14.4 Å². The summed E-state index contributed by atoms with van der Waals surface area (Å²) in [6.45, 7) is 0.383. The van der Waals surface area contributed by atoms with Crippen molar-refractivity contribution < 1.29 is 19.1 Å². The maximum absolute atomic E-state index is 12.0. The van der Waals surface area contributed by atoms with Crippen LogP contribution < -0.4 is 20.7 Å². The second kappa shape index (κ2) is 10.8. The van der Waals surface area contributed by atoms with Gasteiger partial charge in [0, 0.05) is 22.6 Å². The highest BCUT2D eigenvalue weighted by atomic mass is 79.9. The fourth-order valence-electron chi connectivity index (χ4n) is 2.70. The van der Waals surface area contributed by atoms with Gasteiger partial charge in [-0.2, -0.15) is 0 Å². The van der Waals surface area contributed by atoms with Crippen molar-refractivity contribution in [2.24, 2.45) is 0 Å². The number of hydrogen-bond donors (Lipinski definition) is 3. The van der Waals surface area contributed by atoms with Gasteiger partial charge < -0.3 is 20.7 Å². The van der Waals surface area contributed by atoms with E-state index < -0.39 is 0 Å². The molecule has 1 saturated carbocycles. The van der Waals surface area contributed by atoms with Crippen molar-refractivity contribution in [3.63, 3.8) is 0 Å². The lowest BCUT2D eigenvalue weighted by molar-refractivity contribution is -0.123. The predicted molar refractivity (Wildman–Crippen MR) is 116 cm³/mol.